The van der Waals surface area contributed by atoms with Crippen molar-refractivity contribution >= 4 is 23.4 Å². The van der Waals surface area contributed by atoms with Gasteiger partial charge in [-0.05, 0) is 45.4 Å². The summed E-state index contributed by atoms with van der Waals surface area (Å²) in [5, 5.41) is 11.4. The number of nitrogens with one attached hydrogen (secondary N) is 1. The third kappa shape index (κ3) is 4.63. The zero-order valence-corrected chi connectivity index (χ0v) is 20.5. The normalized spacial score (nSPS) is 20.6. The van der Waals surface area contributed by atoms with Gasteiger partial charge in [-0.3, -0.25) is 14.5 Å². The smallest absolute Gasteiger partial charge is 0.355 e. The molecule has 0 aromatic carbocycles. The van der Waals surface area contributed by atoms with Crippen molar-refractivity contribution < 1.29 is 33.4 Å². The first-order chi connectivity index (χ1) is 16.7. The minimum atomic E-state index is -0.885. The molecule has 10 nitrogen and oxygen atoms in total. The van der Waals surface area contributed by atoms with E-state index in [1.54, 1.807) is 39.8 Å². The molecule has 0 aliphatic carbocycles. The first-order valence-corrected chi connectivity index (χ1v) is 11.8. The second-order valence-electron chi connectivity index (χ2n) is 8.74. The summed E-state index contributed by atoms with van der Waals surface area (Å²) >= 11 is 0. The maximum Gasteiger partial charge on any atom is 0.355 e. The number of aromatic amines is 1. The van der Waals surface area contributed by atoms with Gasteiger partial charge in [0.15, 0.2) is 0 Å². The number of Topliss-reactive ketones (excluding diaryl/α,β-unsaturated/α-hetero) is 1. The number of morpholine rings is 1. The summed E-state index contributed by atoms with van der Waals surface area (Å²) in [7, 11) is 0. The number of aryl methyl sites for hydroxylation is 2. The molecule has 10 heteroatoms. The Bertz CT molecular complexity index is 1170. The third-order valence-corrected chi connectivity index (χ3v) is 6.49. The summed E-state index contributed by atoms with van der Waals surface area (Å²) < 4.78 is 16.3. The first-order valence-electron chi connectivity index (χ1n) is 11.8. The van der Waals surface area contributed by atoms with Crippen molar-refractivity contribution in [2.45, 2.75) is 33.7 Å². The Morgan fingerprint density at radius 1 is 1.17 bits per heavy atom. The number of hydrogen-bond donors (Lipinski definition) is 2. The fourth-order valence-electron chi connectivity index (χ4n) is 4.73. The van der Waals surface area contributed by atoms with Gasteiger partial charge < -0.3 is 28.9 Å². The SMILES string of the molecule is CCOC(=O)c1[nH]c(C)c(/C(O)=C2/C(=O)C(=O)N(CCN3CCOCC3)C2c2ccc(C)o2)c1C. The summed E-state index contributed by atoms with van der Waals surface area (Å²) in [6.45, 7) is 10.6. The second kappa shape index (κ2) is 10.1. The Balaban J connectivity index is 1.76. The molecule has 1 unspecified atom stereocenters. The fraction of sp³-hybridized carbons (Fsp3) is 0.480. The van der Waals surface area contributed by atoms with E-state index < -0.39 is 23.7 Å². The summed E-state index contributed by atoms with van der Waals surface area (Å²) in [6.07, 6.45) is 0. The van der Waals surface area contributed by atoms with Crippen LogP contribution >= 0.6 is 0 Å². The van der Waals surface area contributed by atoms with Crippen LogP contribution in [0.1, 0.15) is 51.8 Å². The van der Waals surface area contributed by atoms with Crippen molar-refractivity contribution in [2.24, 2.45) is 0 Å². The highest BCUT2D eigenvalue weighted by Gasteiger charge is 2.48. The lowest BCUT2D eigenvalue weighted by Gasteiger charge is -2.30. The summed E-state index contributed by atoms with van der Waals surface area (Å²) in [5.74, 6) is -1.38. The van der Waals surface area contributed by atoms with E-state index in [9.17, 15) is 19.5 Å². The van der Waals surface area contributed by atoms with E-state index in [4.69, 9.17) is 13.9 Å². The number of rotatable bonds is 7. The van der Waals surface area contributed by atoms with Gasteiger partial charge in [-0.15, -0.1) is 0 Å². The quantitative estimate of drug-likeness (QED) is 0.265. The number of esters is 1. The van der Waals surface area contributed by atoms with E-state index in [0.717, 1.165) is 13.1 Å². The maximum atomic E-state index is 13.3. The van der Waals surface area contributed by atoms with Crippen LogP contribution in [0.15, 0.2) is 22.1 Å². The fourth-order valence-corrected chi connectivity index (χ4v) is 4.73. The predicted molar refractivity (Wildman–Crippen MR) is 126 cm³/mol. The molecule has 35 heavy (non-hydrogen) atoms. The highest BCUT2D eigenvalue weighted by Crippen LogP contribution is 2.41. The molecule has 1 amide bonds. The monoisotopic (exact) mass is 485 g/mol. The van der Waals surface area contributed by atoms with Crippen molar-refractivity contribution in [1.82, 2.24) is 14.8 Å². The minimum Gasteiger partial charge on any atom is -0.507 e. The highest BCUT2D eigenvalue weighted by atomic mass is 16.5. The molecule has 1 atom stereocenters. The molecule has 0 bridgehead atoms. The lowest BCUT2D eigenvalue weighted by molar-refractivity contribution is -0.140. The third-order valence-electron chi connectivity index (χ3n) is 6.49. The number of aliphatic hydroxyl groups excluding tert-OH is 1. The maximum absolute atomic E-state index is 13.3. The zero-order chi connectivity index (χ0) is 25.3. The van der Waals surface area contributed by atoms with Gasteiger partial charge in [0.25, 0.3) is 11.7 Å². The van der Waals surface area contributed by atoms with Crippen LogP contribution in [0, 0.1) is 20.8 Å². The standard InChI is InChI=1S/C25H31N3O7/c1-5-34-25(32)20-15(3)18(16(4)26-20)22(29)19-21(17-7-6-14(2)35-17)28(24(31)23(19)30)9-8-27-10-12-33-13-11-27/h6-7,21,26,29H,5,8-13H2,1-4H3/b22-19-. The predicted octanol–water partition coefficient (Wildman–Crippen LogP) is 2.46. The van der Waals surface area contributed by atoms with E-state index in [-0.39, 0.29) is 30.2 Å². The lowest BCUT2D eigenvalue weighted by atomic mass is 9.97. The van der Waals surface area contributed by atoms with Crippen molar-refractivity contribution in [2.75, 3.05) is 46.0 Å². The Labute approximate surface area is 203 Å². The van der Waals surface area contributed by atoms with Crippen molar-refractivity contribution in [1.29, 1.82) is 0 Å². The number of H-pyrrole nitrogens is 1. The largest absolute Gasteiger partial charge is 0.507 e. The average molecular weight is 486 g/mol. The van der Waals surface area contributed by atoms with Gasteiger partial charge in [0.2, 0.25) is 0 Å². The molecule has 2 saturated heterocycles. The molecular formula is C25H31N3O7. The Morgan fingerprint density at radius 2 is 1.89 bits per heavy atom. The van der Waals surface area contributed by atoms with E-state index in [0.29, 0.717) is 48.1 Å². The summed E-state index contributed by atoms with van der Waals surface area (Å²) in [6, 6.07) is 2.58. The van der Waals surface area contributed by atoms with Gasteiger partial charge in [-0.25, -0.2) is 4.79 Å². The number of furan rings is 1. The number of likely N-dealkylation sites (tertiary alicyclic amines) is 1. The van der Waals surface area contributed by atoms with Crippen molar-refractivity contribution in [3.63, 3.8) is 0 Å². The molecule has 4 rings (SSSR count). The molecule has 188 valence electrons. The minimum absolute atomic E-state index is 0.0630. The average Bonchev–Trinajstić information content (AvgIpc) is 3.47. The van der Waals surface area contributed by atoms with Gasteiger partial charge in [0.1, 0.15) is 29.0 Å². The molecular weight excluding hydrogens is 454 g/mol. The van der Waals surface area contributed by atoms with Crippen LogP contribution in [0.25, 0.3) is 5.76 Å². The van der Waals surface area contributed by atoms with Crippen molar-refractivity contribution in [3.8, 4) is 0 Å². The number of amides is 1. The molecule has 4 heterocycles. The van der Waals surface area contributed by atoms with Crippen LogP contribution in [-0.2, 0) is 19.1 Å². The summed E-state index contributed by atoms with van der Waals surface area (Å²) in [5.41, 5.74) is 1.35. The van der Waals surface area contributed by atoms with Gasteiger partial charge in [0.05, 0.1) is 25.4 Å². The lowest BCUT2D eigenvalue weighted by Crippen LogP contribution is -2.42. The van der Waals surface area contributed by atoms with Crippen LogP contribution < -0.4 is 0 Å². The Kier molecular flexibility index (Phi) is 7.13. The number of carbonyl (C=O) groups excluding carboxylic acids is 3. The zero-order valence-electron chi connectivity index (χ0n) is 20.5. The van der Waals surface area contributed by atoms with Crippen LogP contribution in [0.5, 0.6) is 0 Å². The van der Waals surface area contributed by atoms with Crippen LogP contribution in [0.4, 0.5) is 0 Å². The number of ether oxygens (including phenoxy) is 2. The van der Waals surface area contributed by atoms with Crippen LogP contribution in [0.3, 0.4) is 0 Å². The highest BCUT2D eigenvalue weighted by molar-refractivity contribution is 6.46. The van der Waals surface area contributed by atoms with Gasteiger partial charge in [-0.1, -0.05) is 0 Å². The van der Waals surface area contributed by atoms with E-state index in [1.807, 2.05) is 0 Å². The summed E-state index contributed by atoms with van der Waals surface area (Å²) in [4.78, 5) is 45.3. The molecule has 0 spiro atoms. The van der Waals surface area contributed by atoms with Crippen LogP contribution in [-0.4, -0.2) is 83.5 Å². The second-order valence-corrected chi connectivity index (χ2v) is 8.74. The van der Waals surface area contributed by atoms with E-state index in [1.165, 1.54) is 4.90 Å². The van der Waals surface area contributed by atoms with Crippen LogP contribution in [0.2, 0.25) is 0 Å². The molecule has 0 radical (unpaired) electrons. The van der Waals surface area contributed by atoms with Crippen molar-refractivity contribution in [3.05, 3.63) is 51.7 Å². The number of ketones is 1. The molecule has 2 aliphatic rings. The molecule has 0 saturated carbocycles. The Hall–Kier alpha value is -3.37. The number of nitrogens with zero attached hydrogens (tertiary/aromatic N) is 2. The number of hydrogen-bond acceptors (Lipinski definition) is 8. The molecule has 2 aliphatic heterocycles. The topological polar surface area (TPSA) is 125 Å². The van der Waals surface area contributed by atoms with Gasteiger partial charge >= 0.3 is 5.97 Å². The number of carbonyl (C=O) groups is 3. The van der Waals surface area contributed by atoms with E-state index >= 15 is 0 Å². The Morgan fingerprint density at radius 3 is 2.51 bits per heavy atom. The molecule has 2 N–H and O–H groups in total. The number of aromatic nitrogens is 1. The van der Waals surface area contributed by atoms with E-state index in [2.05, 4.69) is 9.88 Å². The molecule has 2 fully saturated rings. The van der Waals surface area contributed by atoms with Gasteiger partial charge in [-0.2, -0.15) is 0 Å². The molecule has 2 aromatic rings. The van der Waals surface area contributed by atoms with Gasteiger partial charge in [0, 0.05) is 37.4 Å². The first kappa shape index (κ1) is 24.7. The molecule has 2 aromatic heterocycles. The number of aliphatic hydroxyl groups is 1.